The molecule has 3 aromatic rings. The topological polar surface area (TPSA) is 63.6 Å². The first-order chi connectivity index (χ1) is 8.43. The number of hydrogen-bond donors (Lipinski definition) is 1. The molecule has 0 saturated carbocycles. The van der Waals surface area contributed by atoms with Crippen molar-refractivity contribution in [3.05, 3.63) is 48.9 Å². The molecule has 17 heavy (non-hydrogen) atoms. The third-order valence-electron chi connectivity index (χ3n) is 2.36. The van der Waals surface area contributed by atoms with Crippen LogP contribution in [-0.2, 0) is 0 Å². The molecule has 5 nitrogen and oxygen atoms in total. The Hall–Kier alpha value is -2.56. The van der Waals surface area contributed by atoms with Gasteiger partial charge in [0, 0.05) is 11.6 Å². The van der Waals surface area contributed by atoms with Gasteiger partial charge in [-0.1, -0.05) is 12.1 Å². The lowest BCUT2D eigenvalue weighted by molar-refractivity contribution is 1.03. The molecule has 0 saturated heterocycles. The summed E-state index contributed by atoms with van der Waals surface area (Å²) in [6.45, 7) is 0. The fourth-order valence-corrected chi connectivity index (χ4v) is 1.59. The highest BCUT2D eigenvalue weighted by Gasteiger charge is 2.03. The van der Waals surface area contributed by atoms with Crippen LogP contribution in [0.15, 0.2) is 48.9 Å². The summed E-state index contributed by atoms with van der Waals surface area (Å²) in [7, 11) is 0. The van der Waals surface area contributed by atoms with Crippen molar-refractivity contribution in [2.75, 3.05) is 5.32 Å². The van der Waals surface area contributed by atoms with E-state index in [2.05, 4.69) is 25.5 Å². The van der Waals surface area contributed by atoms with Gasteiger partial charge in [0.25, 0.3) is 0 Å². The van der Waals surface area contributed by atoms with Crippen molar-refractivity contribution in [1.82, 2.24) is 20.2 Å². The standard InChI is InChI=1S/C12H9N5/c1-2-5-10-9(4-1)12(14-8-13-10)16-11-6-3-7-15-17-11/h1-8H,(H,13,14,16,17). The molecule has 0 bridgehead atoms. The highest BCUT2D eigenvalue weighted by molar-refractivity contribution is 5.90. The molecule has 0 spiro atoms. The third-order valence-corrected chi connectivity index (χ3v) is 2.36. The summed E-state index contributed by atoms with van der Waals surface area (Å²) in [5.74, 6) is 1.40. The first-order valence-electron chi connectivity index (χ1n) is 5.18. The summed E-state index contributed by atoms with van der Waals surface area (Å²) in [6.07, 6.45) is 3.16. The molecule has 0 aliphatic carbocycles. The second-order valence-corrected chi connectivity index (χ2v) is 3.47. The summed E-state index contributed by atoms with van der Waals surface area (Å²) >= 11 is 0. The van der Waals surface area contributed by atoms with E-state index in [4.69, 9.17) is 0 Å². The van der Waals surface area contributed by atoms with Crippen molar-refractivity contribution in [3.63, 3.8) is 0 Å². The Balaban J connectivity index is 2.06. The average molecular weight is 223 g/mol. The number of nitrogens with zero attached hydrogens (tertiary/aromatic N) is 4. The summed E-state index contributed by atoms with van der Waals surface area (Å²) in [6, 6.07) is 11.5. The van der Waals surface area contributed by atoms with E-state index in [0.717, 1.165) is 16.7 Å². The van der Waals surface area contributed by atoms with E-state index in [1.807, 2.05) is 36.4 Å². The van der Waals surface area contributed by atoms with E-state index in [1.54, 1.807) is 6.20 Å². The molecular weight excluding hydrogens is 214 g/mol. The SMILES string of the molecule is c1cnnc(Nc2ncnc3ccccc23)c1. The Kier molecular flexibility index (Phi) is 2.34. The van der Waals surface area contributed by atoms with Gasteiger partial charge >= 0.3 is 0 Å². The Morgan fingerprint density at radius 1 is 0.941 bits per heavy atom. The molecule has 0 fully saturated rings. The highest BCUT2D eigenvalue weighted by atomic mass is 15.2. The number of aromatic nitrogens is 4. The molecule has 0 unspecified atom stereocenters. The maximum absolute atomic E-state index is 4.21. The second kappa shape index (κ2) is 4.13. The number of fused-ring (bicyclic) bond motifs is 1. The zero-order valence-corrected chi connectivity index (χ0v) is 8.91. The lowest BCUT2D eigenvalue weighted by Crippen LogP contribution is -1.98. The summed E-state index contributed by atoms with van der Waals surface area (Å²) in [4.78, 5) is 8.41. The van der Waals surface area contributed by atoms with E-state index in [-0.39, 0.29) is 0 Å². The van der Waals surface area contributed by atoms with Gasteiger partial charge in [0.1, 0.15) is 12.1 Å². The van der Waals surface area contributed by atoms with Gasteiger partial charge in [-0.3, -0.25) is 0 Å². The molecule has 2 aromatic heterocycles. The molecule has 0 amide bonds. The van der Waals surface area contributed by atoms with Gasteiger partial charge in [0.15, 0.2) is 5.82 Å². The Bertz CT molecular complexity index is 633. The fourth-order valence-electron chi connectivity index (χ4n) is 1.59. The van der Waals surface area contributed by atoms with Crippen LogP contribution in [0.25, 0.3) is 10.9 Å². The summed E-state index contributed by atoms with van der Waals surface area (Å²) in [5.41, 5.74) is 0.897. The minimum absolute atomic E-state index is 0.663. The van der Waals surface area contributed by atoms with Gasteiger partial charge in [-0.2, -0.15) is 5.10 Å². The van der Waals surface area contributed by atoms with Crippen molar-refractivity contribution in [1.29, 1.82) is 0 Å². The van der Waals surface area contributed by atoms with Crippen LogP contribution in [0.5, 0.6) is 0 Å². The summed E-state index contributed by atoms with van der Waals surface area (Å²) < 4.78 is 0. The van der Waals surface area contributed by atoms with Crippen molar-refractivity contribution >= 4 is 22.5 Å². The van der Waals surface area contributed by atoms with E-state index in [0.29, 0.717) is 5.82 Å². The number of nitrogens with one attached hydrogen (secondary N) is 1. The minimum Gasteiger partial charge on any atom is -0.323 e. The van der Waals surface area contributed by atoms with Crippen LogP contribution in [-0.4, -0.2) is 20.2 Å². The van der Waals surface area contributed by atoms with E-state index in [1.165, 1.54) is 6.33 Å². The van der Waals surface area contributed by atoms with E-state index >= 15 is 0 Å². The van der Waals surface area contributed by atoms with Crippen LogP contribution >= 0.6 is 0 Å². The van der Waals surface area contributed by atoms with Gasteiger partial charge in [0.05, 0.1) is 5.52 Å². The number of rotatable bonds is 2. The summed E-state index contributed by atoms with van der Waals surface area (Å²) in [5, 5.41) is 11.8. The first-order valence-corrected chi connectivity index (χ1v) is 5.18. The molecule has 0 aliphatic rings. The van der Waals surface area contributed by atoms with E-state index < -0.39 is 0 Å². The predicted octanol–water partition coefficient (Wildman–Crippen LogP) is 2.16. The molecule has 2 heterocycles. The third kappa shape index (κ3) is 1.90. The van der Waals surface area contributed by atoms with Gasteiger partial charge < -0.3 is 5.32 Å². The molecule has 1 N–H and O–H groups in total. The van der Waals surface area contributed by atoms with Crippen molar-refractivity contribution in [2.24, 2.45) is 0 Å². The zero-order valence-electron chi connectivity index (χ0n) is 8.91. The van der Waals surface area contributed by atoms with Crippen LogP contribution in [0, 0.1) is 0 Å². The first kappa shape index (κ1) is 9.65. The maximum Gasteiger partial charge on any atom is 0.154 e. The monoisotopic (exact) mass is 223 g/mol. The highest BCUT2D eigenvalue weighted by Crippen LogP contribution is 2.20. The van der Waals surface area contributed by atoms with Crippen LogP contribution in [0.4, 0.5) is 11.6 Å². The minimum atomic E-state index is 0.663. The second-order valence-electron chi connectivity index (χ2n) is 3.47. The predicted molar refractivity (Wildman–Crippen MR) is 64.9 cm³/mol. The van der Waals surface area contributed by atoms with Gasteiger partial charge in [-0.05, 0) is 24.3 Å². The van der Waals surface area contributed by atoms with Gasteiger partial charge in [0.2, 0.25) is 0 Å². The molecular formula is C12H9N5. The Morgan fingerprint density at radius 2 is 1.88 bits per heavy atom. The Labute approximate surface area is 97.6 Å². The van der Waals surface area contributed by atoms with Gasteiger partial charge in [-0.25, -0.2) is 9.97 Å². The quantitative estimate of drug-likeness (QED) is 0.721. The number of anilines is 2. The molecule has 1 aromatic carbocycles. The lowest BCUT2D eigenvalue weighted by Gasteiger charge is -2.06. The largest absolute Gasteiger partial charge is 0.323 e. The molecule has 0 aliphatic heterocycles. The van der Waals surface area contributed by atoms with Gasteiger partial charge in [-0.15, -0.1) is 5.10 Å². The molecule has 0 radical (unpaired) electrons. The zero-order chi connectivity index (χ0) is 11.5. The lowest BCUT2D eigenvalue weighted by atomic mass is 10.2. The number of hydrogen-bond acceptors (Lipinski definition) is 5. The van der Waals surface area contributed by atoms with Crippen LogP contribution in [0.3, 0.4) is 0 Å². The fraction of sp³-hybridized carbons (Fsp3) is 0. The number of para-hydroxylation sites is 1. The molecule has 3 rings (SSSR count). The van der Waals surface area contributed by atoms with E-state index in [9.17, 15) is 0 Å². The van der Waals surface area contributed by atoms with Crippen molar-refractivity contribution in [2.45, 2.75) is 0 Å². The van der Waals surface area contributed by atoms with Crippen LogP contribution in [0.1, 0.15) is 0 Å². The van der Waals surface area contributed by atoms with Crippen molar-refractivity contribution in [3.8, 4) is 0 Å². The molecule has 5 heteroatoms. The van der Waals surface area contributed by atoms with Crippen LogP contribution in [0.2, 0.25) is 0 Å². The molecule has 0 atom stereocenters. The van der Waals surface area contributed by atoms with Crippen molar-refractivity contribution < 1.29 is 0 Å². The smallest absolute Gasteiger partial charge is 0.154 e. The van der Waals surface area contributed by atoms with Crippen LogP contribution < -0.4 is 5.32 Å². The normalized spacial score (nSPS) is 10.4. The average Bonchev–Trinajstić information content (AvgIpc) is 2.40. The molecule has 82 valence electrons. The number of benzene rings is 1. The Morgan fingerprint density at radius 3 is 2.76 bits per heavy atom. The maximum atomic E-state index is 4.21.